The molecule has 21 heavy (non-hydrogen) atoms. The Morgan fingerprint density at radius 1 is 1.19 bits per heavy atom. The summed E-state index contributed by atoms with van der Waals surface area (Å²) >= 11 is 0. The maximum Gasteiger partial charge on any atom is 0.500 e. The molecule has 0 atom stereocenters. The van der Waals surface area contributed by atoms with E-state index in [1.165, 1.54) is 26.5 Å². The topological polar surface area (TPSA) is 66.9 Å². The van der Waals surface area contributed by atoms with E-state index in [9.17, 15) is 4.79 Å². The molecule has 2 rings (SSSR count). The Hall–Kier alpha value is -1.60. The molecule has 1 fully saturated rings. The minimum absolute atomic E-state index is 0.176. The van der Waals surface area contributed by atoms with Gasteiger partial charge in [0.2, 0.25) is 0 Å². The van der Waals surface area contributed by atoms with Crippen LogP contribution in [0.4, 0.5) is 0 Å². The lowest BCUT2D eigenvalue weighted by molar-refractivity contribution is 0.00578. The van der Waals surface area contributed by atoms with Crippen LogP contribution in [0.15, 0.2) is 12.3 Å². The molecule has 0 amide bonds. The van der Waals surface area contributed by atoms with Crippen molar-refractivity contribution in [2.45, 2.75) is 38.9 Å². The molecule has 0 aliphatic carbocycles. The molecule has 1 saturated heterocycles. The summed E-state index contributed by atoms with van der Waals surface area (Å²) in [5.74, 6) is -0.0438. The number of esters is 1. The van der Waals surface area contributed by atoms with E-state index >= 15 is 0 Å². The van der Waals surface area contributed by atoms with Gasteiger partial charge in [0.1, 0.15) is 5.75 Å². The van der Waals surface area contributed by atoms with Gasteiger partial charge in [0.25, 0.3) is 0 Å². The number of ether oxygens (including phenoxy) is 2. The van der Waals surface area contributed by atoms with E-state index in [0.29, 0.717) is 11.2 Å². The van der Waals surface area contributed by atoms with E-state index in [4.69, 9.17) is 14.0 Å². The van der Waals surface area contributed by atoms with Crippen molar-refractivity contribution in [3.8, 4) is 5.75 Å². The number of rotatable bonds is 3. The van der Waals surface area contributed by atoms with Gasteiger partial charge < -0.3 is 18.8 Å². The van der Waals surface area contributed by atoms with Crippen molar-refractivity contribution >= 4 is 18.6 Å². The molecule has 114 valence electrons. The van der Waals surface area contributed by atoms with Gasteiger partial charge >= 0.3 is 13.1 Å². The highest BCUT2D eigenvalue weighted by Crippen LogP contribution is 2.37. The first kappa shape index (κ1) is 15.8. The highest BCUT2D eigenvalue weighted by atomic mass is 16.7. The van der Waals surface area contributed by atoms with Crippen molar-refractivity contribution in [3.05, 3.63) is 18.0 Å². The van der Waals surface area contributed by atoms with Crippen LogP contribution in [-0.4, -0.2) is 43.5 Å². The third-order valence-corrected chi connectivity index (χ3v) is 4.02. The number of hydrogen-bond donors (Lipinski definition) is 0. The second-order valence-electron chi connectivity index (χ2n) is 5.89. The Morgan fingerprint density at radius 2 is 1.76 bits per heavy atom. The van der Waals surface area contributed by atoms with Gasteiger partial charge in [0.15, 0.2) is 5.69 Å². The van der Waals surface area contributed by atoms with E-state index in [2.05, 4.69) is 9.72 Å². The Bertz CT molecular complexity index is 542. The summed E-state index contributed by atoms with van der Waals surface area (Å²) in [4.78, 5) is 15.6. The molecule has 1 aromatic rings. The maximum atomic E-state index is 11.5. The van der Waals surface area contributed by atoms with Gasteiger partial charge in [0, 0.05) is 17.7 Å². The van der Waals surface area contributed by atoms with Gasteiger partial charge in [-0.05, 0) is 27.7 Å². The monoisotopic (exact) mass is 293 g/mol. The van der Waals surface area contributed by atoms with Crippen LogP contribution in [0.1, 0.15) is 38.2 Å². The van der Waals surface area contributed by atoms with Crippen molar-refractivity contribution in [2.75, 3.05) is 14.2 Å². The zero-order valence-electron chi connectivity index (χ0n) is 13.2. The van der Waals surface area contributed by atoms with Gasteiger partial charge in [-0.1, -0.05) is 0 Å². The van der Waals surface area contributed by atoms with E-state index in [1.54, 1.807) is 0 Å². The van der Waals surface area contributed by atoms with Crippen molar-refractivity contribution in [1.29, 1.82) is 0 Å². The normalized spacial score (nSPS) is 19.4. The SMILES string of the molecule is COC(=O)c1cc(OC)c(B2OC(C)(C)C(C)(C)O2)cn1. The van der Waals surface area contributed by atoms with Crippen molar-refractivity contribution < 1.29 is 23.6 Å². The number of aromatic nitrogens is 1. The summed E-state index contributed by atoms with van der Waals surface area (Å²) in [6, 6.07) is 1.52. The maximum absolute atomic E-state index is 11.5. The third-order valence-electron chi connectivity index (χ3n) is 4.02. The molecule has 6 nitrogen and oxygen atoms in total. The van der Waals surface area contributed by atoms with Gasteiger partial charge in [-0.15, -0.1) is 0 Å². The molecule has 0 aromatic carbocycles. The van der Waals surface area contributed by atoms with E-state index in [0.717, 1.165) is 0 Å². The molecular formula is C14H20BNO5. The number of methoxy groups -OCH3 is 2. The minimum Gasteiger partial charge on any atom is -0.497 e. The molecule has 2 heterocycles. The number of pyridine rings is 1. The first-order valence-corrected chi connectivity index (χ1v) is 6.70. The Morgan fingerprint density at radius 3 is 2.24 bits per heavy atom. The van der Waals surface area contributed by atoms with Crippen LogP contribution in [0.3, 0.4) is 0 Å². The predicted octanol–water partition coefficient (Wildman–Crippen LogP) is 1.18. The molecule has 0 spiro atoms. The second kappa shape index (κ2) is 5.31. The zero-order chi connectivity index (χ0) is 15.8. The van der Waals surface area contributed by atoms with Gasteiger partial charge in [-0.3, -0.25) is 0 Å². The van der Waals surface area contributed by atoms with Crippen LogP contribution in [0, 0.1) is 0 Å². The van der Waals surface area contributed by atoms with Gasteiger partial charge in [0.05, 0.1) is 25.4 Å². The van der Waals surface area contributed by atoms with E-state index in [-0.39, 0.29) is 5.69 Å². The molecule has 7 heteroatoms. The fourth-order valence-corrected chi connectivity index (χ4v) is 1.99. The van der Waals surface area contributed by atoms with E-state index < -0.39 is 24.3 Å². The van der Waals surface area contributed by atoms with Crippen molar-refractivity contribution in [2.24, 2.45) is 0 Å². The zero-order valence-corrected chi connectivity index (χ0v) is 13.2. The average Bonchev–Trinajstić information content (AvgIpc) is 2.65. The molecule has 1 aliphatic heterocycles. The molecule has 0 bridgehead atoms. The van der Waals surface area contributed by atoms with Crippen LogP contribution in [0.25, 0.3) is 0 Å². The standard InChI is InChI=1S/C14H20BNO5/c1-13(2)14(3,4)21-15(20-13)9-8-16-10(12(17)19-6)7-11(9)18-5/h7-8H,1-6H3. The summed E-state index contributed by atoms with van der Waals surface area (Å²) in [5, 5.41) is 0. The molecule has 0 radical (unpaired) electrons. The molecule has 1 aliphatic rings. The minimum atomic E-state index is -0.593. The fourth-order valence-electron chi connectivity index (χ4n) is 1.99. The van der Waals surface area contributed by atoms with Crippen LogP contribution < -0.4 is 10.2 Å². The quantitative estimate of drug-likeness (QED) is 0.616. The van der Waals surface area contributed by atoms with Crippen molar-refractivity contribution in [3.63, 3.8) is 0 Å². The van der Waals surface area contributed by atoms with Gasteiger partial charge in [-0.25, -0.2) is 9.78 Å². The lowest BCUT2D eigenvalue weighted by Crippen LogP contribution is -2.41. The average molecular weight is 293 g/mol. The van der Waals surface area contributed by atoms with E-state index in [1.807, 2.05) is 27.7 Å². The number of nitrogens with zero attached hydrogens (tertiary/aromatic N) is 1. The molecular weight excluding hydrogens is 273 g/mol. The number of hydrogen-bond acceptors (Lipinski definition) is 6. The fraction of sp³-hybridized carbons (Fsp3) is 0.571. The molecule has 0 N–H and O–H groups in total. The lowest BCUT2D eigenvalue weighted by Gasteiger charge is -2.32. The molecule has 0 saturated carbocycles. The van der Waals surface area contributed by atoms with Crippen LogP contribution in [0.2, 0.25) is 0 Å². The molecule has 1 aromatic heterocycles. The third kappa shape index (κ3) is 2.75. The smallest absolute Gasteiger partial charge is 0.497 e. The summed E-state index contributed by atoms with van der Waals surface area (Å²) in [6.45, 7) is 7.87. The van der Waals surface area contributed by atoms with Crippen LogP contribution >= 0.6 is 0 Å². The largest absolute Gasteiger partial charge is 0.500 e. The summed E-state index contributed by atoms with van der Waals surface area (Å²) in [5.41, 5.74) is -0.0913. The highest BCUT2D eigenvalue weighted by Gasteiger charge is 2.52. The first-order chi connectivity index (χ1) is 9.71. The first-order valence-electron chi connectivity index (χ1n) is 6.70. The number of carbonyl (C=O) groups excluding carboxylic acids is 1. The number of carbonyl (C=O) groups is 1. The predicted molar refractivity (Wildman–Crippen MR) is 77.8 cm³/mol. The highest BCUT2D eigenvalue weighted by molar-refractivity contribution is 6.63. The summed E-state index contributed by atoms with van der Waals surface area (Å²) in [6.07, 6.45) is 1.52. The van der Waals surface area contributed by atoms with Crippen molar-refractivity contribution in [1.82, 2.24) is 4.98 Å². The molecule has 0 unspecified atom stereocenters. The summed E-state index contributed by atoms with van der Waals surface area (Å²) in [7, 11) is 2.23. The Labute approximate surface area is 124 Å². The van der Waals surface area contributed by atoms with Crippen LogP contribution in [0.5, 0.6) is 5.75 Å². The summed E-state index contributed by atoms with van der Waals surface area (Å²) < 4.78 is 21.9. The Kier molecular flexibility index (Phi) is 3.99. The van der Waals surface area contributed by atoms with Crippen LogP contribution in [-0.2, 0) is 14.0 Å². The van der Waals surface area contributed by atoms with Gasteiger partial charge in [-0.2, -0.15) is 0 Å². The lowest BCUT2D eigenvalue weighted by atomic mass is 9.79. The second-order valence-corrected chi connectivity index (χ2v) is 5.89. The Balaban J connectivity index is 2.35.